The summed E-state index contributed by atoms with van der Waals surface area (Å²) in [5.74, 6) is 0.796. The van der Waals surface area contributed by atoms with Crippen molar-refractivity contribution in [1.29, 1.82) is 0 Å². The number of thiol groups is 1. The Balaban J connectivity index is 1.42. The van der Waals surface area contributed by atoms with E-state index in [-0.39, 0.29) is 0 Å². The van der Waals surface area contributed by atoms with Gasteiger partial charge in [0.05, 0.1) is 18.5 Å². The molecule has 0 saturated carbocycles. The Morgan fingerprint density at radius 2 is 1.80 bits per heavy atom. The number of rotatable bonds is 4. The van der Waals surface area contributed by atoms with Crippen molar-refractivity contribution in [2.75, 3.05) is 33.2 Å². The van der Waals surface area contributed by atoms with Gasteiger partial charge in [-0.1, -0.05) is 48.6 Å². The molecule has 30 heavy (non-hydrogen) atoms. The van der Waals surface area contributed by atoms with Crippen LogP contribution in [0.1, 0.15) is 24.8 Å². The first kappa shape index (κ1) is 19.7. The minimum absolute atomic E-state index is 0.823. The molecule has 1 fully saturated rings. The van der Waals surface area contributed by atoms with Gasteiger partial charge in [-0.2, -0.15) is 0 Å². The number of benzene rings is 2. The van der Waals surface area contributed by atoms with Crippen molar-refractivity contribution >= 4 is 11.9 Å². The van der Waals surface area contributed by atoms with E-state index in [1.54, 1.807) is 0 Å². The van der Waals surface area contributed by atoms with E-state index in [9.17, 15) is 0 Å². The van der Waals surface area contributed by atoms with Crippen molar-refractivity contribution in [1.82, 2.24) is 9.21 Å². The maximum Gasteiger partial charge on any atom is 0.301 e. The summed E-state index contributed by atoms with van der Waals surface area (Å²) in [4.78, 5) is 3.67. The lowest BCUT2D eigenvalue weighted by Crippen LogP contribution is -2.38. The second kappa shape index (κ2) is 8.50. The zero-order valence-electron chi connectivity index (χ0n) is 17.5. The fourth-order valence-electron chi connectivity index (χ4n) is 4.32. The van der Waals surface area contributed by atoms with Gasteiger partial charge in [-0.3, -0.25) is 0 Å². The summed E-state index contributed by atoms with van der Waals surface area (Å²) in [6, 6.07) is 16.7. The topological polar surface area (TPSA) is 24.9 Å². The van der Waals surface area contributed by atoms with Gasteiger partial charge in [-0.05, 0) is 45.0 Å². The van der Waals surface area contributed by atoms with Gasteiger partial charge in [0.15, 0.2) is 16.4 Å². The minimum atomic E-state index is -0.866. The number of fused-ring (bicyclic) bond motifs is 1. The van der Waals surface area contributed by atoms with E-state index in [1.807, 2.05) is 18.2 Å². The molecule has 2 aromatic carbocycles. The number of nitrogens with zero attached hydrogens (tertiary/aromatic N) is 2. The highest BCUT2D eigenvalue weighted by molar-refractivity contribution is 7.76. The molecule has 2 heterocycles. The standard InChI is InChI=1S/C25H28N2O2S/c1-26-15-8-16-27(18-17-26)30-22-13-14-23-24(19-22)29-25(28-23,20-9-4-2-5-10-20)21-11-6-3-7-12-21/h2-6,9-11,13-14,19H,7-8,12,15-18H2,1H3/p+1. The minimum Gasteiger partial charge on any atom is -0.441 e. The van der Waals surface area contributed by atoms with E-state index in [4.69, 9.17) is 9.47 Å². The number of ether oxygens (including phenoxy) is 2. The molecule has 4 nitrogen and oxygen atoms in total. The summed E-state index contributed by atoms with van der Waals surface area (Å²) in [7, 11) is 2.21. The van der Waals surface area contributed by atoms with Crippen LogP contribution < -0.4 is 9.47 Å². The third-order valence-electron chi connectivity index (χ3n) is 5.98. The molecule has 2 aliphatic heterocycles. The van der Waals surface area contributed by atoms with Crippen molar-refractivity contribution < 1.29 is 9.47 Å². The Bertz CT molecular complexity index is 959. The monoisotopic (exact) mass is 421 g/mol. The molecule has 0 spiro atoms. The molecular weight excluding hydrogens is 392 g/mol. The van der Waals surface area contributed by atoms with Gasteiger partial charge in [-0.25, -0.2) is 0 Å². The lowest BCUT2D eigenvalue weighted by Gasteiger charge is -2.31. The lowest BCUT2D eigenvalue weighted by atomic mass is 9.91. The van der Waals surface area contributed by atoms with Crippen LogP contribution in [0.4, 0.5) is 0 Å². The number of allylic oxidation sites excluding steroid dienone is 3. The zero-order chi connectivity index (χ0) is 20.4. The summed E-state index contributed by atoms with van der Waals surface area (Å²) in [5, 5.41) is 0. The summed E-state index contributed by atoms with van der Waals surface area (Å²) in [6.07, 6.45) is 9.62. The van der Waals surface area contributed by atoms with Crippen molar-refractivity contribution in [3.8, 4) is 11.5 Å². The quantitative estimate of drug-likeness (QED) is 0.542. The normalized spacial score (nSPS) is 24.5. The number of likely N-dealkylation sites (N-methyl/N-ethyl adjacent to an activating group) is 1. The van der Waals surface area contributed by atoms with Gasteiger partial charge < -0.3 is 14.4 Å². The van der Waals surface area contributed by atoms with Gasteiger partial charge in [0, 0.05) is 30.3 Å². The Hall–Kier alpha value is -2.21. The van der Waals surface area contributed by atoms with Crippen LogP contribution in [0, 0.1) is 0 Å². The molecule has 0 bridgehead atoms. The number of hydrogen-bond donors (Lipinski definition) is 0. The van der Waals surface area contributed by atoms with Gasteiger partial charge in [-0.15, -0.1) is 4.31 Å². The predicted molar refractivity (Wildman–Crippen MR) is 123 cm³/mol. The van der Waals surface area contributed by atoms with E-state index >= 15 is 0 Å². The third-order valence-corrected chi connectivity index (χ3v) is 7.17. The molecule has 5 heteroatoms. The Morgan fingerprint density at radius 3 is 2.63 bits per heavy atom. The van der Waals surface area contributed by atoms with Crippen LogP contribution in [-0.2, 0) is 17.7 Å². The summed E-state index contributed by atoms with van der Waals surface area (Å²) in [5.41, 5.74) is 2.21. The Kier molecular flexibility index (Phi) is 5.59. The summed E-state index contributed by atoms with van der Waals surface area (Å²) in [6.45, 7) is 4.53. The molecule has 1 unspecified atom stereocenters. The molecule has 1 atom stereocenters. The highest BCUT2D eigenvalue weighted by atomic mass is 32.2. The molecule has 1 saturated heterocycles. The van der Waals surface area contributed by atoms with Crippen molar-refractivity contribution in [2.45, 2.75) is 29.9 Å². The lowest BCUT2D eigenvalue weighted by molar-refractivity contribution is -0.0527. The van der Waals surface area contributed by atoms with E-state index in [0.29, 0.717) is 0 Å². The van der Waals surface area contributed by atoms with Crippen LogP contribution in [0.25, 0.3) is 0 Å². The van der Waals surface area contributed by atoms with Crippen molar-refractivity contribution in [2.24, 2.45) is 0 Å². The van der Waals surface area contributed by atoms with Gasteiger partial charge >= 0.3 is 5.79 Å². The molecule has 2 aromatic rings. The summed E-state index contributed by atoms with van der Waals surface area (Å²) >= 11 is 1.24. The average Bonchev–Trinajstić information content (AvgIpc) is 3.07. The number of hydrogen-bond acceptors (Lipinski definition) is 4. The fourth-order valence-corrected chi connectivity index (χ4v) is 5.39. The van der Waals surface area contributed by atoms with Crippen LogP contribution in [0.2, 0.25) is 0 Å². The van der Waals surface area contributed by atoms with Crippen LogP contribution >= 0.6 is 0 Å². The first-order chi connectivity index (χ1) is 14.7. The van der Waals surface area contributed by atoms with Crippen molar-refractivity contribution in [3.63, 3.8) is 0 Å². The molecule has 0 amide bonds. The second-order valence-corrected chi connectivity index (χ2v) is 9.47. The smallest absolute Gasteiger partial charge is 0.301 e. The van der Waals surface area contributed by atoms with Crippen LogP contribution in [-0.4, -0.2) is 42.4 Å². The third kappa shape index (κ3) is 3.89. The molecule has 3 aliphatic rings. The fraction of sp³-hybridized carbons (Fsp3) is 0.360. The molecule has 0 aromatic heterocycles. The molecule has 1 aliphatic carbocycles. The van der Waals surface area contributed by atoms with E-state index in [1.165, 1.54) is 35.4 Å². The first-order valence-electron chi connectivity index (χ1n) is 10.8. The molecule has 156 valence electrons. The van der Waals surface area contributed by atoms with E-state index < -0.39 is 5.79 Å². The maximum atomic E-state index is 6.64. The largest absolute Gasteiger partial charge is 0.441 e. The molecule has 5 rings (SSSR count). The first-order valence-corrected chi connectivity index (χ1v) is 11.7. The van der Waals surface area contributed by atoms with Crippen LogP contribution in [0.3, 0.4) is 0 Å². The molecular formula is C25H29N2O2S+. The van der Waals surface area contributed by atoms with Crippen molar-refractivity contribution in [3.05, 3.63) is 77.9 Å². The highest BCUT2D eigenvalue weighted by Crippen LogP contribution is 2.49. The van der Waals surface area contributed by atoms with E-state index in [2.05, 4.69) is 64.8 Å². The van der Waals surface area contributed by atoms with E-state index in [0.717, 1.165) is 49.5 Å². The Morgan fingerprint density at radius 1 is 0.933 bits per heavy atom. The summed E-state index contributed by atoms with van der Waals surface area (Å²) < 4.78 is 15.7. The predicted octanol–water partition coefficient (Wildman–Crippen LogP) is 4.31. The van der Waals surface area contributed by atoms with Crippen LogP contribution in [0.15, 0.2) is 77.2 Å². The SMILES string of the molecule is CN1CCCN([SH+]c2ccc3c(c2)OC(C2=CC=CCC2)(c2ccccc2)O3)CC1. The molecule has 0 N–H and O–H groups in total. The highest BCUT2D eigenvalue weighted by Gasteiger charge is 2.47. The van der Waals surface area contributed by atoms with Gasteiger partial charge in [0.25, 0.3) is 0 Å². The van der Waals surface area contributed by atoms with Crippen LogP contribution in [0.5, 0.6) is 11.5 Å². The zero-order valence-corrected chi connectivity index (χ0v) is 18.4. The Labute approximate surface area is 183 Å². The molecule has 0 radical (unpaired) electrons. The second-order valence-electron chi connectivity index (χ2n) is 8.19. The van der Waals surface area contributed by atoms with Gasteiger partial charge in [0.1, 0.15) is 0 Å². The average molecular weight is 422 g/mol. The van der Waals surface area contributed by atoms with Gasteiger partial charge in [0.2, 0.25) is 0 Å². The maximum absolute atomic E-state index is 6.64.